The molecule has 0 aliphatic heterocycles. The maximum Gasteiger partial charge on any atom is 0.294 e. The fraction of sp³-hybridized carbons (Fsp3) is 0.294. The minimum atomic E-state index is -4.15. The van der Waals surface area contributed by atoms with Crippen LogP contribution in [0.4, 0.5) is 0 Å². The lowest BCUT2D eigenvalue weighted by Crippen LogP contribution is -2.24. The van der Waals surface area contributed by atoms with Crippen molar-refractivity contribution in [1.82, 2.24) is 0 Å². The summed E-state index contributed by atoms with van der Waals surface area (Å²) in [5.41, 5.74) is 8.30. The van der Waals surface area contributed by atoms with Crippen molar-refractivity contribution in [2.24, 2.45) is 5.73 Å². The highest BCUT2D eigenvalue weighted by Crippen LogP contribution is 2.15. The standard InChI is InChI=1S/C17H21NO5S/c18-10-16(19)12-23-11-15-3-1-13(2-4-15)9-14-5-7-17(8-6-14)24(20,21)22/h1-8,16,19H,9-12,18H2,(H,20,21,22). The predicted molar refractivity (Wildman–Crippen MR) is 90.2 cm³/mol. The molecule has 0 saturated carbocycles. The molecule has 1 atom stereocenters. The van der Waals surface area contributed by atoms with Gasteiger partial charge in [0.15, 0.2) is 0 Å². The number of hydrogen-bond acceptors (Lipinski definition) is 5. The maximum atomic E-state index is 11.0. The van der Waals surface area contributed by atoms with Crippen LogP contribution in [0.3, 0.4) is 0 Å². The van der Waals surface area contributed by atoms with Gasteiger partial charge in [-0.2, -0.15) is 8.42 Å². The van der Waals surface area contributed by atoms with Gasteiger partial charge in [0.25, 0.3) is 10.1 Å². The van der Waals surface area contributed by atoms with Crippen LogP contribution in [0.25, 0.3) is 0 Å². The molecule has 0 heterocycles. The molecule has 0 fully saturated rings. The van der Waals surface area contributed by atoms with Gasteiger partial charge in [-0.1, -0.05) is 36.4 Å². The second-order valence-corrected chi connectivity index (χ2v) is 6.94. The zero-order valence-electron chi connectivity index (χ0n) is 13.1. The fourth-order valence-electron chi connectivity index (χ4n) is 2.15. The second-order valence-electron chi connectivity index (χ2n) is 5.52. The van der Waals surface area contributed by atoms with Gasteiger partial charge in [0.05, 0.1) is 24.2 Å². The molecule has 1 unspecified atom stereocenters. The quantitative estimate of drug-likeness (QED) is 0.620. The fourth-order valence-corrected chi connectivity index (χ4v) is 2.63. The largest absolute Gasteiger partial charge is 0.389 e. The van der Waals surface area contributed by atoms with Crippen molar-refractivity contribution in [1.29, 1.82) is 0 Å². The van der Waals surface area contributed by atoms with Gasteiger partial charge in [0.1, 0.15) is 0 Å². The van der Waals surface area contributed by atoms with Gasteiger partial charge in [-0.05, 0) is 35.2 Å². The van der Waals surface area contributed by atoms with Crippen molar-refractivity contribution < 1.29 is 22.8 Å². The lowest BCUT2D eigenvalue weighted by atomic mass is 10.0. The summed E-state index contributed by atoms with van der Waals surface area (Å²) in [6.07, 6.45) is 0.00803. The smallest absolute Gasteiger partial charge is 0.294 e. The molecular weight excluding hydrogens is 330 g/mol. The Morgan fingerprint density at radius 1 is 0.958 bits per heavy atom. The molecule has 2 rings (SSSR count). The average molecular weight is 351 g/mol. The highest BCUT2D eigenvalue weighted by Gasteiger charge is 2.08. The van der Waals surface area contributed by atoms with Gasteiger partial charge in [0.2, 0.25) is 0 Å². The van der Waals surface area contributed by atoms with Crippen molar-refractivity contribution in [3.63, 3.8) is 0 Å². The molecule has 7 heteroatoms. The SMILES string of the molecule is NCC(O)COCc1ccc(Cc2ccc(S(=O)(=O)O)cc2)cc1. The van der Waals surface area contributed by atoms with Crippen LogP contribution in [0.1, 0.15) is 16.7 Å². The summed E-state index contributed by atoms with van der Waals surface area (Å²) in [6.45, 7) is 0.786. The summed E-state index contributed by atoms with van der Waals surface area (Å²) in [6, 6.07) is 13.9. The first-order chi connectivity index (χ1) is 11.4. The Morgan fingerprint density at radius 2 is 1.46 bits per heavy atom. The molecule has 2 aromatic carbocycles. The van der Waals surface area contributed by atoms with Crippen LogP contribution in [0, 0.1) is 0 Å². The van der Waals surface area contributed by atoms with E-state index >= 15 is 0 Å². The monoisotopic (exact) mass is 351 g/mol. The normalized spacial score (nSPS) is 13.0. The lowest BCUT2D eigenvalue weighted by Gasteiger charge is -2.09. The maximum absolute atomic E-state index is 11.0. The molecule has 0 amide bonds. The van der Waals surface area contributed by atoms with E-state index in [9.17, 15) is 13.5 Å². The highest BCUT2D eigenvalue weighted by atomic mass is 32.2. The van der Waals surface area contributed by atoms with Crippen molar-refractivity contribution in [2.45, 2.75) is 24.0 Å². The number of rotatable bonds is 8. The summed E-state index contributed by atoms with van der Waals surface area (Å²) in [5, 5.41) is 9.31. The Hall–Kier alpha value is -1.77. The van der Waals surface area contributed by atoms with Crippen molar-refractivity contribution in [2.75, 3.05) is 13.2 Å². The van der Waals surface area contributed by atoms with E-state index in [0.717, 1.165) is 16.7 Å². The number of hydrogen-bond donors (Lipinski definition) is 3. The number of ether oxygens (including phenoxy) is 1. The van der Waals surface area contributed by atoms with Crippen LogP contribution < -0.4 is 5.73 Å². The minimum Gasteiger partial charge on any atom is -0.389 e. The van der Waals surface area contributed by atoms with E-state index in [1.807, 2.05) is 24.3 Å². The second kappa shape index (κ2) is 8.36. The molecule has 0 aromatic heterocycles. The molecule has 0 radical (unpaired) electrons. The Balaban J connectivity index is 1.91. The van der Waals surface area contributed by atoms with Gasteiger partial charge < -0.3 is 15.6 Å². The zero-order valence-corrected chi connectivity index (χ0v) is 13.9. The molecule has 130 valence electrons. The Labute approximate surface area is 141 Å². The third kappa shape index (κ3) is 5.70. The molecule has 2 aromatic rings. The van der Waals surface area contributed by atoms with E-state index < -0.39 is 16.2 Å². The van der Waals surface area contributed by atoms with E-state index in [4.69, 9.17) is 15.0 Å². The molecule has 6 nitrogen and oxygen atoms in total. The van der Waals surface area contributed by atoms with Crippen LogP contribution in [-0.2, 0) is 27.9 Å². The first-order valence-corrected chi connectivity index (χ1v) is 8.92. The molecule has 0 bridgehead atoms. The predicted octanol–water partition coefficient (Wildman–Crippen LogP) is 1.36. The first kappa shape index (κ1) is 18.6. The van der Waals surface area contributed by atoms with Gasteiger partial charge in [0, 0.05) is 6.54 Å². The van der Waals surface area contributed by atoms with Crippen molar-refractivity contribution in [3.8, 4) is 0 Å². The first-order valence-electron chi connectivity index (χ1n) is 7.48. The summed E-state index contributed by atoms with van der Waals surface area (Å²) in [7, 11) is -4.15. The number of aliphatic hydroxyl groups excluding tert-OH is 1. The molecular formula is C17H21NO5S. The molecule has 0 aliphatic carbocycles. The third-order valence-electron chi connectivity index (χ3n) is 3.50. The van der Waals surface area contributed by atoms with Crippen molar-refractivity contribution >= 4 is 10.1 Å². The van der Waals surface area contributed by atoms with Crippen LogP contribution in [0.5, 0.6) is 0 Å². The van der Waals surface area contributed by atoms with Crippen LogP contribution in [0.15, 0.2) is 53.4 Å². The van der Waals surface area contributed by atoms with E-state index in [1.54, 1.807) is 12.1 Å². The summed E-state index contributed by atoms with van der Waals surface area (Å²) in [5.74, 6) is 0. The highest BCUT2D eigenvalue weighted by molar-refractivity contribution is 7.85. The van der Waals surface area contributed by atoms with E-state index in [0.29, 0.717) is 13.0 Å². The molecule has 0 aliphatic rings. The van der Waals surface area contributed by atoms with Gasteiger partial charge >= 0.3 is 0 Å². The van der Waals surface area contributed by atoms with Crippen LogP contribution >= 0.6 is 0 Å². The van der Waals surface area contributed by atoms with Gasteiger partial charge in [-0.3, -0.25) is 4.55 Å². The average Bonchev–Trinajstić information content (AvgIpc) is 2.56. The summed E-state index contributed by atoms with van der Waals surface area (Å²) >= 11 is 0. The van der Waals surface area contributed by atoms with Crippen LogP contribution in [0.2, 0.25) is 0 Å². The molecule has 0 spiro atoms. The number of aliphatic hydroxyl groups is 1. The van der Waals surface area contributed by atoms with E-state index in [-0.39, 0.29) is 18.0 Å². The van der Waals surface area contributed by atoms with Gasteiger partial charge in [-0.25, -0.2) is 0 Å². The minimum absolute atomic E-state index is 0.113. The molecule has 24 heavy (non-hydrogen) atoms. The van der Waals surface area contributed by atoms with Crippen molar-refractivity contribution in [3.05, 3.63) is 65.2 Å². The van der Waals surface area contributed by atoms with E-state index in [1.165, 1.54) is 12.1 Å². The number of nitrogens with two attached hydrogens (primary N) is 1. The lowest BCUT2D eigenvalue weighted by molar-refractivity contribution is 0.0329. The molecule has 0 saturated heterocycles. The van der Waals surface area contributed by atoms with Crippen LogP contribution in [-0.4, -0.2) is 37.3 Å². The Kier molecular flexibility index (Phi) is 6.47. The summed E-state index contributed by atoms with van der Waals surface area (Å²) in [4.78, 5) is -0.113. The topological polar surface area (TPSA) is 110 Å². The number of benzene rings is 2. The van der Waals surface area contributed by atoms with E-state index in [2.05, 4.69) is 0 Å². The Bertz CT molecular complexity index is 742. The zero-order chi connectivity index (χ0) is 17.6. The molecule has 4 N–H and O–H groups in total. The summed E-state index contributed by atoms with van der Waals surface area (Å²) < 4.78 is 36.3. The van der Waals surface area contributed by atoms with Gasteiger partial charge in [-0.15, -0.1) is 0 Å². The third-order valence-corrected chi connectivity index (χ3v) is 4.37. The Morgan fingerprint density at radius 3 is 1.96 bits per heavy atom.